The predicted octanol–water partition coefficient (Wildman–Crippen LogP) is 3.55. The number of halogens is 1. The van der Waals surface area contributed by atoms with Gasteiger partial charge in [0.15, 0.2) is 0 Å². The maximum absolute atomic E-state index is 12.3. The van der Waals surface area contributed by atoms with Gasteiger partial charge in [-0.2, -0.15) is 0 Å². The van der Waals surface area contributed by atoms with E-state index in [0.29, 0.717) is 22.9 Å². The van der Waals surface area contributed by atoms with Crippen molar-refractivity contribution in [3.05, 3.63) is 58.6 Å². The molecule has 0 aromatic heterocycles. The number of aryl methyl sites for hydroxylation is 1. The number of ether oxygens (including phenoxy) is 2. The summed E-state index contributed by atoms with van der Waals surface area (Å²) in [4.78, 5) is 14.7. The minimum atomic E-state index is -0.169. The van der Waals surface area contributed by atoms with Crippen LogP contribution in [-0.2, 0) is 11.2 Å². The molecule has 1 heterocycles. The summed E-state index contributed by atoms with van der Waals surface area (Å²) in [6.45, 7) is 4.06. The van der Waals surface area contributed by atoms with Gasteiger partial charge in [0.05, 0.1) is 25.9 Å². The fraction of sp³-hybridized carbons (Fsp3) is 0.381. The van der Waals surface area contributed by atoms with Crippen molar-refractivity contribution in [2.45, 2.75) is 12.8 Å². The Kier molecular flexibility index (Phi) is 6.96. The van der Waals surface area contributed by atoms with E-state index in [-0.39, 0.29) is 5.91 Å². The summed E-state index contributed by atoms with van der Waals surface area (Å²) in [7, 11) is 1.54. The first kappa shape index (κ1) is 19.5. The van der Waals surface area contributed by atoms with Crippen molar-refractivity contribution in [2.75, 3.05) is 44.9 Å². The van der Waals surface area contributed by atoms with Crippen LogP contribution in [0.25, 0.3) is 0 Å². The summed E-state index contributed by atoms with van der Waals surface area (Å²) in [6, 6.07) is 13.7. The lowest BCUT2D eigenvalue weighted by atomic mass is 10.1. The molecule has 1 aliphatic rings. The Labute approximate surface area is 165 Å². The van der Waals surface area contributed by atoms with E-state index in [1.165, 1.54) is 11.3 Å². The van der Waals surface area contributed by atoms with E-state index in [0.717, 1.165) is 39.1 Å². The Hall–Kier alpha value is -2.24. The highest BCUT2D eigenvalue weighted by Crippen LogP contribution is 2.22. The molecule has 1 amide bonds. The summed E-state index contributed by atoms with van der Waals surface area (Å²) in [5, 5.41) is 3.45. The van der Waals surface area contributed by atoms with Crippen molar-refractivity contribution < 1.29 is 14.3 Å². The fourth-order valence-electron chi connectivity index (χ4n) is 3.14. The molecule has 27 heavy (non-hydrogen) atoms. The average molecular weight is 389 g/mol. The van der Waals surface area contributed by atoms with Gasteiger partial charge in [-0.1, -0.05) is 23.7 Å². The number of hydrogen-bond donors (Lipinski definition) is 1. The molecule has 0 bridgehead atoms. The second kappa shape index (κ2) is 9.62. The Bertz CT molecular complexity index is 759. The average Bonchev–Trinajstić information content (AvgIpc) is 2.72. The molecule has 3 rings (SSSR count). The lowest BCUT2D eigenvalue weighted by Crippen LogP contribution is -2.36. The van der Waals surface area contributed by atoms with Crippen LogP contribution in [0.3, 0.4) is 0 Å². The second-order valence-electron chi connectivity index (χ2n) is 6.47. The first-order valence-corrected chi connectivity index (χ1v) is 9.58. The van der Waals surface area contributed by atoms with Crippen molar-refractivity contribution >= 4 is 23.2 Å². The molecule has 0 radical (unpaired) electrons. The molecule has 0 atom stereocenters. The van der Waals surface area contributed by atoms with Crippen LogP contribution in [0.15, 0.2) is 42.5 Å². The molecule has 1 saturated heterocycles. The number of rotatable bonds is 7. The van der Waals surface area contributed by atoms with E-state index in [9.17, 15) is 4.79 Å². The third-order valence-electron chi connectivity index (χ3n) is 4.65. The number of nitrogens with zero attached hydrogens (tertiary/aromatic N) is 1. The first-order chi connectivity index (χ1) is 13.2. The molecule has 0 spiro atoms. The highest BCUT2D eigenvalue weighted by molar-refractivity contribution is 6.31. The van der Waals surface area contributed by atoms with Gasteiger partial charge in [0.25, 0.3) is 5.91 Å². The third kappa shape index (κ3) is 5.37. The SMILES string of the molecule is COc1ccc(Cl)cc1C(=O)NCCCc1ccc(N2CCOCC2)cc1. The fourth-order valence-corrected chi connectivity index (χ4v) is 3.31. The second-order valence-corrected chi connectivity index (χ2v) is 6.91. The number of methoxy groups -OCH3 is 1. The minimum absolute atomic E-state index is 0.169. The van der Waals surface area contributed by atoms with E-state index < -0.39 is 0 Å². The third-order valence-corrected chi connectivity index (χ3v) is 4.88. The number of carbonyl (C=O) groups excluding carboxylic acids is 1. The zero-order chi connectivity index (χ0) is 19.1. The standard InChI is InChI=1S/C21H25ClN2O3/c1-26-20-9-6-17(22)15-19(20)21(25)23-10-2-3-16-4-7-18(8-5-16)24-11-13-27-14-12-24/h4-9,15H,2-3,10-14H2,1H3,(H,23,25). The molecule has 1 fully saturated rings. The van der Waals surface area contributed by atoms with E-state index in [4.69, 9.17) is 21.1 Å². The summed E-state index contributed by atoms with van der Waals surface area (Å²) in [5.74, 6) is 0.354. The highest BCUT2D eigenvalue weighted by atomic mass is 35.5. The number of amides is 1. The Balaban J connectivity index is 1.46. The maximum Gasteiger partial charge on any atom is 0.255 e. The summed E-state index contributed by atoms with van der Waals surface area (Å²) in [5.41, 5.74) is 2.96. The largest absolute Gasteiger partial charge is 0.496 e. The predicted molar refractivity (Wildman–Crippen MR) is 108 cm³/mol. The van der Waals surface area contributed by atoms with Gasteiger partial charge in [0.1, 0.15) is 5.75 Å². The number of carbonyl (C=O) groups is 1. The van der Waals surface area contributed by atoms with Crippen molar-refractivity contribution in [1.82, 2.24) is 5.32 Å². The lowest BCUT2D eigenvalue weighted by molar-refractivity contribution is 0.0950. The zero-order valence-corrected chi connectivity index (χ0v) is 16.3. The lowest BCUT2D eigenvalue weighted by Gasteiger charge is -2.28. The smallest absolute Gasteiger partial charge is 0.255 e. The van der Waals surface area contributed by atoms with Gasteiger partial charge in [0, 0.05) is 30.3 Å². The van der Waals surface area contributed by atoms with Crippen LogP contribution in [0, 0.1) is 0 Å². The highest BCUT2D eigenvalue weighted by Gasteiger charge is 2.13. The normalized spacial score (nSPS) is 14.1. The topological polar surface area (TPSA) is 50.8 Å². The number of anilines is 1. The number of morpholine rings is 1. The molecular formula is C21H25ClN2O3. The van der Waals surface area contributed by atoms with Crippen molar-refractivity contribution in [3.8, 4) is 5.75 Å². The van der Waals surface area contributed by atoms with Crippen molar-refractivity contribution in [3.63, 3.8) is 0 Å². The quantitative estimate of drug-likeness (QED) is 0.737. The van der Waals surface area contributed by atoms with Crippen molar-refractivity contribution in [1.29, 1.82) is 0 Å². The molecule has 1 aliphatic heterocycles. The Morgan fingerprint density at radius 3 is 2.63 bits per heavy atom. The van der Waals surface area contributed by atoms with Crippen molar-refractivity contribution in [2.24, 2.45) is 0 Å². The van der Waals surface area contributed by atoms with E-state index in [2.05, 4.69) is 34.5 Å². The first-order valence-electron chi connectivity index (χ1n) is 9.21. The Morgan fingerprint density at radius 2 is 1.93 bits per heavy atom. The number of nitrogens with one attached hydrogen (secondary N) is 1. The van der Waals surface area contributed by atoms with E-state index >= 15 is 0 Å². The summed E-state index contributed by atoms with van der Waals surface area (Å²) < 4.78 is 10.6. The molecular weight excluding hydrogens is 364 g/mol. The van der Waals surface area contributed by atoms with Gasteiger partial charge in [-0.25, -0.2) is 0 Å². The van der Waals surface area contributed by atoms with Gasteiger partial charge in [-0.3, -0.25) is 4.79 Å². The molecule has 2 aromatic carbocycles. The van der Waals surface area contributed by atoms with E-state index in [1.54, 1.807) is 25.3 Å². The molecule has 6 heteroatoms. The van der Waals surface area contributed by atoms with Crippen LogP contribution >= 0.6 is 11.6 Å². The minimum Gasteiger partial charge on any atom is -0.496 e. The van der Waals surface area contributed by atoms with Crippen LogP contribution in [-0.4, -0.2) is 45.9 Å². The molecule has 0 saturated carbocycles. The molecule has 1 N–H and O–H groups in total. The van der Waals surface area contributed by atoms with Gasteiger partial charge in [-0.15, -0.1) is 0 Å². The van der Waals surface area contributed by atoms with Gasteiger partial charge < -0.3 is 19.7 Å². The van der Waals surface area contributed by atoms with E-state index in [1.807, 2.05) is 0 Å². The van der Waals surface area contributed by atoms with Gasteiger partial charge in [0.2, 0.25) is 0 Å². The number of benzene rings is 2. The summed E-state index contributed by atoms with van der Waals surface area (Å²) in [6.07, 6.45) is 1.78. The maximum atomic E-state index is 12.3. The molecule has 2 aromatic rings. The molecule has 0 aliphatic carbocycles. The Morgan fingerprint density at radius 1 is 1.19 bits per heavy atom. The summed E-state index contributed by atoms with van der Waals surface area (Å²) >= 11 is 5.98. The van der Waals surface area contributed by atoms with Crippen LogP contribution in [0.4, 0.5) is 5.69 Å². The van der Waals surface area contributed by atoms with Crippen LogP contribution in [0.2, 0.25) is 5.02 Å². The molecule has 0 unspecified atom stereocenters. The molecule has 144 valence electrons. The van der Waals surface area contributed by atoms with Crippen LogP contribution in [0.5, 0.6) is 5.75 Å². The van der Waals surface area contributed by atoms with Gasteiger partial charge in [-0.05, 0) is 48.7 Å². The van der Waals surface area contributed by atoms with Crippen LogP contribution < -0.4 is 15.0 Å². The zero-order valence-electron chi connectivity index (χ0n) is 15.5. The number of hydrogen-bond acceptors (Lipinski definition) is 4. The monoisotopic (exact) mass is 388 g/mol. The van der Waals surface area contributed by atoms with Gasteiger partial charge >= 0.3 is 0 Å². The molecule has 5 nitrogen and oxygen atoms in total. The van der Waals surface area contributed by atoms with Crippen LogP contribution in [0.1, 0.15) is 22.3 Å².